The Morgan fingerprint density at radius 1 is 1.06 bits per heavy atom. The van der Waals surface area contributed by atoms with Crippen LogP contribution in [0.5, 0.6) is 0 Å². The van der Waals surface area contributed by atoms with E-state index in [1.165, 1.54) is 38.2 Å². The van der Waals surface area contributed by atoms with Gasteiger partial charge in [-0.25, -0.2) is 15.0 Å². The number of nitrogens with zero attached hydrogens (tertiary/aromatic N) is 4. The maximum Gasteiger partial charge on any atom is 0.214 e. The van der Waals surface area contributed by atoms with Gasteiger partial charge in [0.15, 0.2) is 5.82 Å². The molecule has 2 bridgehead atoms. The second kappa shape index (κ2) is 7.04. The van der Waals surface area contributed by atoms with Gasteiger partial charge in [0, 0.05) is 35.4 Å². The zero-order valence-corrected chi connectivity index (χ0v) is 17.9. The third kappa shape index (κ3) is 3.09. The number of hydrogen-bond donors (Lipinski definition) is 2. The van der Waals surface area contributed by atoms with Gasteiger partial charge in [-0.15, -0.1) is 0 Å². The fourth-order valence-corrected chi connectivity index (χ4v) is 5.58. The molecule has 2 N–H and O–H groups in total. The number of pyridine rings is 1. The normalized spacial score (nSPS) is 23.3. The molecule has 7 heteroatoms. The number of anilines is 1. The number of hydrogen-bond acceptors (Lipinski definition) is 4. The molecule has 0 saturated heterocycles. The number of H-pyrrole nitrogens is 1. The first kappa shape index (κ1) is 18.8. The van der Waals surface area contributed by atoms with Crippen LogP contribution < -0.4 is 5.32 Å². The van der Waals surface area contributed by atoms with Crippen LogP contribution in [0.2, 0.25) is 0 Å². The quantitative estimate of drug-likeness (QED) is 0.418. The second-order valence-corrected chi connectivity index (χ2v) is 9.45. The van der Waals surface area contributed by atoms with Gasteiger partial charge >= 0.3 is 0 Å². The number of aromatic amines is 1. The lowest BCUT2D eigenvalue weighted by Gasteiger charge is -2.42. The average molecular weight is 419 g/mol. The third-order valence-corrected chi connectivity index (χ3v) is 7.24. The van der Waals surface area contributed by atoms with Crippen LogP contribution in [0.25, 0.3) is 33.5 Å². The molecular weight excluding hydrogens is 391 g/mol. The molecule has 4 heterocycles. The summed E-state index contributed by atoms with van der Waals surface area (Å²) in [5, 5.41) is 5.70. The summed E-state index contributed by atoms with van der Waals surface area (Å²) in [5.74, 6) is 2.61. The molecule has 1 unspecified atom stereocenters. The minimum Gasteiger partial charge on any atom is -0.366 e. The molecule has 3 aliphatic carbocycles. The van der Waals surface area contributed by atoms with Crippen molar-refractivity contribution in [2.45, 2.75) is 58.0 Å². The fourth-order valence-electron chi connectivity index (χ4n) is 5.58. The Morgan fingerprint density at radius 3 is 2.65 bits per heavy atom. The van der Waals surface area contributed by atoms with Crippen LogP contribution in [-0.2, 0) is 0 Å². The standard InChI is InChI=1S/C24H27FN6/c1-13(2)31-10-9-17-22(27-19-11-14-3-5-15(19)6-4-14)29-23(30-24(17)31)18-12-26-21-16(18)7-8-20(25)28-21/h7-10,12-15,19H,3-6,11H2,1-2H3,(H,26,28)(H,27,29,30). The Morgan fingerprint density at radius 2 is 1.90 bits per heavy atom. The van der Waals surface area contributed by atoms with Crippen molar-refractivity contribution in [2.24, 2.45) is 11.8 Å². The maximum atomic E-state index is 13.6. The molecular formula is C24H27FN6. The third-order valence-electron chi connectivity index (χ3n) is 7.24. The molecule has 6 nitrogen and oxygen atoms in total. The van der Waals surface area contributed by atoms with Gasteiger partial charge in [0.25, 0.3) is 0 Å². The topological polar surface area (TPSA) is 71.4 Å². The van der Waals surface area contributed by atoms with E-state index in [2.05, 4.69) is 46.0 Å². The van der Waals surface area contributed by atoms with E-state index in [1.54, 1.807) is 6.07 Å². The molecule has 0 radical (unpaired) electrons. The highest BCUT2D eigenvalue weighted by Gasteiger charge is 2.36. The van der Waals surface area contributed by atoms with Gasteiger partial charge in [-0.3, -0.25) is 0 Å². The molecule has 0 aliphatic heterocycles. The summed E-state index contributed by atoms with van der Waals surface area (Å²) in [5.41, 5.74) is 2.28. The fraction of sp³-hybridized carbons (Fsp3) is 0.458. The van der Waals surface area contributed by atoms with Crippen molar-refractivity contribution >= 4 is 27.9 Å². The Bertz CT molecular complexity index is 1260. The number of rotatable bonds is 4. The second-order valence-electron chi connectivity index (χ2n) is 9.45. The Balaban J connectivity index is 1.49. The molecule has 7 rings (SSSR count). The lowest BCUT2D eigenvalue weighted by Crippen LogP contribution is -2.40. The molecule has 160 valence electrons. The summed E-state index contributed by atoms with van der Waals surface area (Å²) >= 11 is 0. The van der Waals surface area contributed by atoms with Crippen molar-refractivity contribution in [2.75, 3.05) is 5.32 Å². The molecule has 0 spiro atoms. The predicted molar refractivity (Wildman–Crippen MR) is 120 cm³/mol. The SMILES string of the molecule is CC(C)n1ccc2c(NC3CC4CCC3CC4)nc(-c3c[nH]c4nc(F)ccc34)nc21. The summed E-state index contributed by atoms with van der Waals surface area (Å²) in [4.78, 5) is 17.0. The number of nitrogens with one attached hydrogen (secondary N) is 2. The predicted octanol–water partition coefficient (Wildman–Crippen LogP) is 5.69. The first-order chi connectivity index (χ1) is 15.1. The van der Waals surface area contributed by atoms with E-state index in [-0.39, 0.29) is 6.04 Å². The lowest BCUT2D eigenvalue weighted by molar-refractivity contribution is 0.157. The average Bonchev–Trinajstić information content (AvgIpc) is 3.38. The van der Waals surface area contributed by atoms with Gasteiger partial charge in [0.1, 0.15) is 17.1 Å². The zero-order chi connectivity index (χ0) is 21.1. The molecule has 0 amide bonds. The Labute approximate surface area is 180 Å². The molecule has 3 fully saturated rings. The lowest BCUT2D eigenvalue weighted by atomic mass is 9.68. The van der Waals surface area contributed by atoms with Crippen LogP contribution in [0.1, 0.15) is 52.0 Å². The number of fused-ring (bicyclic) bond motifs is 5. The van der Waals surface area contributed by atoms with Gasteiger partial charge in [-0.2, -0.15) is 4.39 Å². The zero-order valence-electron chi connectivity index (χ0n) is 17.9. The summed E-state index contributed by atoms with van der Waals surface area (Å²) in [7, 11) is 0. The summed E-state index contributed by atoms with van der Waals surface area (Å²) in [6, 6.07) is 6.00. The molecule has 3 saturated carbocycles. The van der Waals surface area contributed by atoms with Crippen molar-refractivity contribution in [3.8, 4) is 11.4 Å². The van der Waals surface area contributed by atoms with Crippen LogP contribution in [0.15, 0.2) is 30.6 Å². The van der Waals surface area contributed by atoms with E-state index in [9.17, 15) is 4.39 Å². The van der Waals surface area contributed by atoms with Gasteiger partial charge < -0.3 is 14.9 Å². The van der Waals surface area contributed by atoms with Crippen molar-refractivity contribution in [3.63, 3.8) is 0 Å². The van der Waals surface area contributed by atoms with Crippen molar-refractivity contribution < 1.29 is 4.39 Å². The van der Waals surface area contributed by atoms with Crippen LogP contribution in [0.4, 0.5) is 10.2 Å². The van der Waals surface area contributed by atoms with Crippen LogP contribution in [0, 0.1) is 17.8 Å². The summed E-state index contributed by atoms with van der Waals surface area (Å²) in [6.07, 6.45) is 10.5. The summed E-state index contributed by atoms with van der Waals surface area (Å²) in [6.45, 7) is 4.32. The highest BCUT2D eigenvalue weighted by molar-refractivity contribution is 5.95. The first-order valence-corrected chi connectivity index (χ1v) is 11.4. The molecule has 0 aromatic carbocycles. The van der Waals surface area contributed by atoms with Gasteiger partial charge in [0.2, 0.25) is 5.95 Å². The molecule has 4 aromatic heterocycles. The molecule has 3 aliphatic rings. The summed E-state index contributed by atoms with van der Waals surface area (Å²) < 4.78 is 15.8. The van der Waals surface area contributed by atoms with Crippen molar-refractivity contribution in [3.05, 3.63) is 36.5 Å². The number of aromatic nitrogens is 5. The van der Waals surface area contributed by atoms with E-state index < -0.39 is 5.95 Å². The Hall–Kier alpha value is -2.96. The number of halogens is 1. The van der Waals surface area contributed by atoms with E-state index in [4.69, 9.17) is 9.97 Å². The van der Waals surface area contributed by atoms with E-state index in [1.807, 2.05) is 6.20 Å². The molecule has 4 aromatic rings. The van der Waals surface area contributed by atoms with E-state index in [0.29, 0.717) is 17.5 Å². The monoisotopic (exact) mass is 418 g/mol. The first-order valence-electron chi connectivity index (χ1n) is 11.4. The highest BCUT2D eigenvalue weighted by atomic mass is 19.1. The van der Waals surface area contributed by atoms with Crippen LogP contribution >= 0.6 is 0 Å². The van der Waals surface area contributed by atoms with E-state index >= 15 is 0 Å². The van der Waals surface area contributed by atoms with E-state index in [0.717, 1.165) is 39.6 Å². The minimum atomic E-state index is -0.499. The maximum absolute atomic E-state index is 13.6. The van der Waals surface area contributed by atoms with Crippen LogP contribution in [-0.4, -0.2) is 30.5 Å². The minimum absolute atomic E-state index is 0.289. The van der Waals surface area contributed by atoms with Crippen molar-refractivity contribution in [1.82, 2.24) is 24.5 Å². The largest absolute Gasteiger partial charge is 0.366 e. The highest BCUT2D eigenvalue weighted by Crippen LogP contribution is 2.43. The Kier molecular flexibility index (Phi) is 4.26. The van der Waals surface area contributed by atoms with Crippen molar-refractivity contribution in [1.29, 1.82) is 0 Å². The molecule has 31 heavy (non-hydrogen) atoms. The van der Waals surface area contributed by atoms with Gasteiger partial charge in [-0.1, -0.05) is 12.8 Å². The molecule has 1 atom stereocenters. The van der Waals surface area contributed by atoms with Crippen LogP contribution in [0.3, 0.4) is 0 Å². The smallest absolute Gasteiger partial charge is 0.214 e. The van der Waals surface area contributed by atoms with Gasteiger partial charge in [-0.05, 0) is 63.1 Å². The van der Waals surface area contributed by atoms with Gasteiger partial charge in [0.05, 0.1) is 5.39 Å².